The average Bonchev–Trinajstić information content (AvgIpc) is 3.11. The maximum absolute atomic E-state index is 12.5. The summed E-state index contributed by atoms with van der Waals surface area (Å²) >= 11 is 0. The average molecular weight is 386 g/mol. The van der Waals surface area contributed by atoms with E-state index in [1.54, 1.807) is 0 Å². The van der Waals surface area contributed by atoms with Crippen LogP contribution < -0.4 is 15.4 Å². The molecule has 0 bridgehead atoms. The molecule has 1 aromatic heterocycles. The van der Waals surface area contributed by atoms with E-state index >= 15 is 0 Å². The lowest BCUT2D eigenvalue weighted by atomic mass is 9.98. The largest absolute Gasteiger partial charge is 0.493 e. The highest BCUT2D eigenvalue weighted by Gasteiger charge is 2.23. The van der Waals surface area contributed by atoms with Gasteiger partial charge < -0.3 is 25.3 Å². The number of amides is 3. The second-order valence-electron chi connectivity index (χ2n) is 7.30. The topological polar surface area (TPSA) is 86.5 Å². The second kappa shape index (κ2) is 9.48. The Morgan fingerprint density at radius 3 is 2.96 bits per heavy atom. The molecule has 3 N–H and O–H groups in total. The number of carbonyl (C=O) groups excluding carboxylic acids is 2. The van der Waals surface area contributed by atoms with Crippen molar-refractivity contribution >= 4 is 22.8 Å². The van der Waals surface area contributed by atoms with Crippen LogP contribution in [0, 0.1) is 5.92 Å². The number of aromatic nitrogens is 1. The summed E-state index contributed by atoms with van der Waals surface area (Å²) in [6.07, 6.45) is 4.74. The van der Waals surface area contributed by atoms with Crippen LogP contribution in [-0.2, 0) is 11.2 Å². The van der Waals surface area contributed by atoms with Crippen LogP contribution in [0.3, 0.4) is 0 Å². The van der Waals surface area contributed by atoms with Gasteiger partial charge in [0, 0.05) is 50.2 Å². The van der Waals surface area contributed by atoms with E-state index in [0.29, 0.717) is 32.2 Å². The molecule has 28 heavy (non-hydrogen) atoms. The number of nitrogens with one attached hydrogen (secondary N) is 3. The number of piperidine rings is 1. The molecule has 2 aromatic rings. The summed E-state index contributed by atoms with van der Waals surface area (Å²) in [5.41, 5.74) is 2.19. The van der Waals surface area contributed by atoms with Crippen molar-refractivity contribution in [3.8, 4) is 5.75 Å². The zero-order valence-electron chi connectivity index (χ0n) is 16.7. The molecule has 3 rings (SSSR count). The molecule has 152 valence electrons. The fourth-order valence-corrected chi connectivity index (χ4v) is 3.81. The molecular weight excluding hydrogens is 356 g/mol. The maximum atomic E-state index is 12.5. The van der Waals surface area contributed by atoms with Gasteiger partial charge in [-0.25, -0.2) is 4.79 Å². The number of hydrogen-bond acceptors (Lipinski definition) is 3. The molecule has 0 spiro atoms. The maximum Gasteiger partial charge on any atom is 0.317 e. The van der Waals surface area contributed by atoms with Gasteiger partial charge in [-0.15, -0.1) is 0 Å². The monoisotopic (exact) mass is 386 g/mol. The zero-order valence-corrected chi connectivity index (χ0v) is 16.7. The molecule has 7 heteroatoms. The Kier molecular flexibility index (Phi) is 6.79. The van der Waals surface area contributed by atoms with Gasteiger partial charge in [0.25, 0.3) is 0 Å². The van der Waals surface area contributed by atoms with E-state index in [4.69, 9.17) is 4.74 Å². The van der Waals surface area contributed by atoms with Crippen molar-refractivity contribution in [3.05, 3.63) is 30.0 Å². The Bertz CT molecular complexity index is 817. The molecule has 1 fully saturated rings. The van der Waals surface area contributed by atoms with Crippen molar-refractivity contribution < 1.29 is 14.3 Å². The normalized spacial score (nSPS) is 16.8. The Hall–Kier alpha value is -2.70. The Morgan fingerprint density at radius 1 is 1.32 bits per heavy atom. The molecule has 0 radical (unpaired) electrons. The minimum Gasteiger partial charge on any atom is -0.493 e. The van der Waals surface area contributed by atoms with Crippen molar-refractivity contribution in [1.29, 1.82) is 0 Å². The number of hydrogen-bond donors (Lipinski definition) is 3. The van der Waals surface area contributed by atoms with Crippen LogP contribution in [0.1, 0.15) is 32.3 Å². The molecule has 0 saturated carbocycles. The van der Waals surface area contributed by atoms with Crippen molar-refractivity contribution in [3.63, 3.8) is 0 Å². The minimum atomic E-state index is -0.0302. The summed E-state index contributed by atoms with van der Waals surface area (Å²) in [6.45, 7) is 6.78. The van der Waals surface area contributed by atoms with Crippen LogP contribution >= 0.6 is 0 Å². The van der Waals surface area contributed by atoms with Gasteiger partial charge in [-0.05, 0) is 49.8 Å². The molecule has 0 unspecified atom stereocenters. The molecule has 0 aliphatic carbocycles. The number of likely N-dealkylation sites (tertiary alicyclic amines) is 1. The van der Waals surface area contributed by atoms with E-state index in [9.17, 15) is 9.59 Å². The number of fused-ring (bicyclic) bond motifs is 1. The first kappa shape index (κ1) is 20.0. The molecule has 1 aliphatic rings. The fourth-order valence-electron chi connectivity index (χ4n) is 3.81. The second-order valence-corrected chi connectivity index (χ2v) is 7.30. The summed E-state index contributed by atoms with van der Waals surface area (Å²) in [7, 11) is 0. The van der Waals surface area contributed by atoms with E-state index in [0.717, 1.165) is 48.0 Å². The van der Waals surface area contributed by atoms with E-state index in [2.05, 4.69) is 15.6 Å². The van der Waals surface area contributed by atoms with Crippen LogP contribution in [0.15, 0.2) is 24.4 Å². The minimum absolute atomic E-state index is 0.0216. The number of aromatic amines is 1. The van der Waals surface area contributed by atoms with Gasteiger partial charge in [0.1, 0.15) is 5.75 Å². The first-order chi connectivity index (χ1) is 13.6. The molecule has 1 aromatic carbocycles. The predicted molar refractivity (Wildman–Crippen MR) is 110 cm³/mol. The van der Waals surface area contributed by atoms with E-state index < -0.39 is 0 Å². The lowest BCUT2D eigenvalue weighted by Crippen LogP contribution is -2.47. The van der Waals surface area contributed by atoms with Crippen LogP contribution in [0.25, 0.3) is 10.9 Å². The van der Waals surface area contributed by atoms with Gasteiger partial charge >= 0.3 is 6.03 Å². The molecular formula is C21H30N4O3. The van der Waals surface area contributed by atoms with Crippen molar-refractivity contribution in [2.75, 3.05) is 32.8 Å². The lowest BCUT2D eigenvalue weighted by Gasteiger charge is -2.32. The van der Waals surface area contributed by atoms with Gasteiger partial charge in [-0.3, -0.25) is 4.79 Å². The Labute approximate surface area is 165 Å². The molecule has 7 nitrogen and oxygen atoms in total. The van der Waals surface area contributed by atoms with Crippen LogP contribution in [0.2, 0.25) is 0 Å². The molecule has 1 aliphatic heterocycles. The first-order valence-electron chi connectivity index (χ1n) is 10.1. The summed E-state index contributed by atoms with van der Waals surface area (Å²) in [5, 5.41) is 6.98. The summed E-state index contributed by atoms with van der Waals surface area (Å²) in [5.74, 6) is 1.18. The third-order valence-corrected chi connectivity index (χ3v) is 5.17. The Balaban J connectivity index is 1.53. The molecule has 1 saturated heterocycles. The number of H-pyrrole nitrogens is 1. The van der Waals surface area contributed by atoms with Gasteiger partial charge in [0.2, 0.25) is 5.91 Å². The molecule has 2 heterocycles. The first-order valence-corrected chi connectivity index (χ1v) is 10.1. The number of nitrogens with zero attached hydrogens (tertiary/aromatic N) is 1. The third-order valence-electron chi connectivity index (χ3n) is 5.17. The number of carbonyl (C=O) groups is 2. The van der Waals surface area contributed by atoms with Crippen LogP contribution in [0.5, 0.6) is 5.75 Å². The predicted octanol–water partition coefficient (Wildman–Crippen LogP) is 2.67. The quantitative estimate of drug-likeness (QED) is 0.684. The third kappa shape index (κ3) is 4.97. The highest BCUT2D eigenvalue weighted by atomic mass is 16.5. The summed E-state index contributed by atoms with van der Waals surface area (Å²) < 4.78 is 5.75. The van der Waals surface area contributed by atoms with Gasteiger partial charge in [0.15, 0.2) is 0 Å². The molecule has 3 amide bonds. The standard InChI is InChI=1S/C21H30N4O3/c1-3-28-19-8-4-7-18-20(19)17(13-24-18)9-10-22-21(27)25-11-5-6-16(14-25)12-23-15(2)26/h4,7-8,13,16,24H,3,5-6,9-12,14H2,1-2H3,(H,22,27)(H,23,26)/t16-/m0/s1. The van der Waals surface area contributed by atoms with Gasteiger partial charge in [0.05, 0.1) is 6.61 Å². The SMILES string of the molecule is CCOc1cccc2[nH]cc(CCNC(=O)N3CCC[C@@H](CNC(C)=O)C3)c12. The van der Waals surface area contributed by atoms with Gasteiger partial charge in [-0.2, -0.15) is 0 Å². The number of benzene rings is 1. The Morgan fingerprint density at radius 2 is 2.18 bits per heavy atom. The number of rotatable bonds is 7. The zero-order chi connectivity index (χ0) is 19.9. The van der Waals surface area contributed by atoms with E-state index in [1.807, 2.05) is 36.2 Å². The number of ether oxygens (including phenoxy) is 1. The summed E-state index contributed by atoms with van der Waals surface area (Å²) in [6, 6.07) is 5.95. The van der Waals surface area contributed by atoms with Crippen molar-refractivity contribution in [2.24, 2.45) is 5.92 Å². The van der Waals surface area contributed by atoms with E-state index in [1.165, 1.54) is 6.92 Å². The molecule has 1 atom stereocenters. The highest BCUT2D eigenvalue weighted by Crippen LogP contribution is 2.29. The smallest absolute Gasteiger partial charge is 0.317 e. The van der Waals surface area contributed by atoms with Gasteiger partial charge in [-0.1, -0.05) is 6.07 Å². The lowest BCUT2D eigenvalue weighted by molar-refractivity contribution is -0.119. The highest BCUT2D eigenvalue weighted by molar-refractivity contribution is 5.89. The van der Waals surface area contributed by atoms with E-state index in [-0.39, 0.29) is 11.9 Å². The van der Waals surface area contributed by atoms with Crippen molar-refractivity contribution in [1.82, 2.24) is 20.5 Å². The fraction of sp³-hybridized carbons (Fsp3) is 0.524. The van der Waals surface area contributed by atoms with Crippen LogP contribution in [-0.4, -0.2) is 54.6 Å². The van der Waals surface area contributed by atoms with Crippen LogP contribution in [0.4, 0.5) is 4.79 Å². The van der Waals surface area contributed by atoms with Crippen molar-refractivity contribution in [2.45, 2.75) is 33.1 Å². The summed E-state index contributed by atoms with van der Waals surface area (Å²) in [4.78, 5) is 28.8. The number of urea groups is 1.